The lowest BCUT2D eigenvalue weighted by Crippen LogP contribution is -1.85. The van der Waals surface area contributed by atoms with Gasteiger partial charge >= 0.3 is 0 Å². The Labute approximate surface area is 143 Å². The van der Waals surface area contributed by atoms with Crippen LogP contribution in [0, 0.1) is 4.77 Å². The van der Waals surface area contributed by atoms with Crippen LogP contribution >= 0.6 is 12.2 Å². The Morgan fingerprint density at radius 2 is 2.04 bits per heavy atom. The van der Waals surface area contributed by atoms with Crippen LogP contribution in [0.2, 0.25) is 0 Å². The van der Waals surface area contributed by atoms with Gasteiger partial charge in [0.25, 0.3) is 0 Å². The monoisotopic (exact) mass is 342 g/mol. The average molecular weight is 342 g/mol. The Morgan fingerprint density at radius 1 is 1.35 bits per heavy atom. The van der Waals surface area contributed by atoms with Crippen LogP contribution in [0.25, 0.3) is 0 Å². The number of hydrogen-bond acceptors (Lipinski definition) is 1. The van der Waals surface area contributed by atoms with Gasteiger partial charge in [0.1, 0.15) is 6.67 Å². The molecule has 0 aliphatic heterocycles. The number of hydrogen-bond donors (Lipinski definition) is 2. The predicted molar refractivity (Wildman–Crippen MR) is 97.6 cm³/mol. The van der Waals surface area contributed by atoms with Crippen molar-refractivity contribution in [2.24, 2.45) is 0 Å². The molecule has 0 saturated carbocycles. The SMILES string of the molecule is C/C(=C\CCCCc1c[nH]c(=S)[nH]1)C/C=C\CF.C=C(F)CC. The molecule has 0 aliphatic rings. The molecule has 2 nitrogen and oxygen atoms in total. The highest BCUT2D eigenvalue weighted by Gasteiger charge is 1.94. The lowest BCUT2D eigenvalue weighted by atomic mass is 10.1. The summed E-state index contributed by atoms with van der Waals surface area (Å²) in [7, 11) is 0. The van der Waals surface area contributed by atoms with Gasteiger partial charge in [-0.2, -0.15) is 0 Å². The number of allylic oxidation sites excluding steroid dienone is 5. The number of unbranched alkanes of at least 4 members (excludes halogenated alkanes) is 2. The van der Waals surface area contributed by atoms with Crippen LogP contribution in [0.1, 0.15) is 51.6 Å². The minimum atomic E-state index is -0.370. The van der Waals surface area contributed by atoms with E-state index in [-0.39, 0.29) is 12.5 Å². The van der Waals surface area contributed by atoms with Crippen LogP contribution < -0.4 is 0 Å². The Kier molecular flexibility index (Phi) is 13.2. The van der Waals surface area contributed by atoms with Crippen molar-refractivity contribution in [1.82, 2.24) is 9.97 Å². The maximum absolute atomic E-state index is 11.8. The van der Waals surface area contributed by atoms with Gasteiger partial charge in [-0.3, -0.25) is 0 Å². The molecule has 23 heavy (non-hydrogen) atoms. The fourth-order valence-corrected chi connectivity index (χ4v) is 1.92. The zero-order valence-corrected chi connectivity index (χ0v) is 14.9. The third-order valence-electron chi connectivity index (χ3n) is 3.12. The Hall–Kier alpha value is -1.49. The van der Waals surface area contributed by atoms with Gasteiger partial charge in [-0.05, 0) is 57.7 Å². The second-order valence-electron chi connectivity index (χ2n) is 5.26. The standard InChI is InChI=1S/C14H21FN2S.C4H7F/c1-12(8-5-6-10-15)7-3-2-4-9-13-11-16-14(18)17-13;1-3-4(2)5/h5-7,11H,2-4,8-10H2,1H3,(H2,16,17,18);2-3H2,1H3/b6-5-,12-7+;. The summed E-state index contributed by atoms with van der Waals surface area (Å²) in [6.07, 6.45) is 13.3. The van der Waals surface area contributed by atoms with Gasteiger partial charge in [0.15, 0.2) is 4.77 Å². The van der Waals surface area contributed by atoms with E-state index in [1.807, 2.05) is 12.3 Å². The summed E-state index contributed by atoms with van der Waals surface area (Å²) in [6.45, 7) is 6.45. The van der Waals surface area contributed by atoms with Gasteiger partial charge in [0, 0.05) is 11.9 Å². The molecule has 0 saturated heterocycles. The van der Waals surface area contributed by atoms with E-state index < -0.39 is 0 Å². The van der Waals surface area contributed by atoms with E-state index in [9.17, 15) is 8.78 Å². The summed E-state index contributed by atoms with van der Waals surface area (Å²) in [5.41, 5.74) is 2.48. The van der Waals surface area contributed by atoms with Gasteiger partial charge in [-0.15, -0.1) is 0 Å². The van der Waals surface area contributed by atoms with Crippen molar-refractivity contribution in [3.63, 3.8) is 0 Å². The highest BCUT2D eigenvalue weighted by molar-refractivity contribution is 7.71. The van der Waals surface area contributed by atoms with Crippen molar-refractivity contribution in [1.29, 1.82) is 0 Å². The molecule has 2 N–H and O–H groups in total. The van der Waals surface area contributed by atoms with E-state index >= 15 is 0 Å². The first-order chi connectivity index (χ1) is 11.0. The number of alkyl halides is 1. The number of rotatable bonds is 9. The van der Waals surface area contributed by atoms with Gasteiger partial charge in [0.2, 0.25) is 0 Å². The highest BCUT2D eigenvalue weighted by atomic mass is 32.1. The molecule has 1 rings (SSSR count). The number of aromatic amines is 2. The molecule has 0 bridgehead atoms. The molecular weight excluding hydrogens is 314 g/mol. The van der Waals surface area contributed by atoms with Crippen molar-refractivity contribution in [2.75, 3.05) is 6.67 Å². The maximum atomic E-state index is 11.8. The quantitative estimate of drug-likeness (QED) is 0.298. The third-order valence-corrected chi connectivity index (χ3v) is 3.34. The summed E-state index contributed by atoms with van der Waals surface area (Å²) in [6, 6.07) is 0. The summed E-state index contributed by atoms with van der Waals surface area (Å²) in [4.78, 5) is 6.07. The average Bonchev–Trinajstić information content (AvgIpc) is 2.93. The molecule has 1 aromatic heterocycles. The second kappa shape index (κ2) is 14.1. The van der Waals surface area contributed by atoms with Crippen LogP contribution in [0.5, 0.6) is 0 Å². The van der Waals surface area contributed by atoms with Crippen LogP contribution in [-0.4, -0.2) is 16.6 Å². The fourth-order valence-electron chi connectivity index (χ4n) is 1.73. The Balaban J connectivity index is 0.000000841. The van der Waals surface area contributed by atoms with E-state index in [1.165, 1.54) is 11.3 Å². The molecule has 0 radical (unpaired) electrons. The summed E-state index contributed by atoms with van der Waals surface area (Å²) >= 11 is 4.97. The highest BCUT2D eigenvalue weighted by Crippen LogP contribution is 2.08. The molecule has 0 unspecified atom stereocenters. The molecule has 0 aromatic carbocycles. The Bertz CT molecular complexity index is 541. The van der Waals surface area contributed by atoms with E-state index in [0.29, 0.717) is 11.2 Å². The van der Waals surface area contributed by atoms with Gasteiger partial charge in [0.05, 0.1) is 5.83 Å². The second-order valence-corrected chi connectivity index (χ2v) is 5.67. The molecule has 1 aromatic rings. The minimum Gasteiger partial charge on any atom is -0.337 e. The molecule has 0 atom stereocenters. The molecule has 0 amide bonds. The maximum Gasteiger partial charge on any atom is 0.174 e. The van der Waals surface area contributed by atoms with Crippen molar-refractivity contribution in [3.05, 3.63) is 52.9 Å². The number of halogens is 2. The zero-order valence-electron chi connectivity index (χ0n) is 14.1. The molecule has 0 aliphatic carbocycles. The first-order valence-corrected chi connectivity index (χ1v) is 8.36. The zero-order chi connectivity index (χ0) is 17.5. The first-order valence-electron chi connectivity index (χ1n) is 7.96. The molecule has 0 fully saturated rings. The fraction of sp³-hybridized carbons (Fsp3) is 0.500. The van der Waals surface area contributed by atoms with Crippen molar-refractivity contribution < 1.29 is 8.78 Å². The van der Waals surface area contributed by atoms with E-state index in [1.54, 1.807) is 13.0 Å². The normalized spacial score (nSPS) is 11.4. The minimum absolute atomic E-state index is 0.245. The van der Waals surface area contributed by atoms with Gasteiger partial charge < -0.3 is 9.97 Å². The third kappa shape index (κ3) is 13.9. The van der Waals surface area contributed by atoms with Crippen LogP contribution in [0.4, 0.5) is 8.78 Å². The molecule has 0 spiro atoms. The molecule has 130 valence electrons. The number of aryl methyl sites for hydroxylation is 1. The largest absolute Gasteiger partial charge is 0.337 e. The van der Waals surface area contributed by atoms with E-state index in [0.717, 1.165) is 32.1 Å². The van der Waals surface area contributed by atoms with Crippen molar-refractivity contribution in [2.45, 2.75) is 52.4 Å². The number of nitrogens with one attached hydrogen (secondary N) is 2. The lowest BCUT2D eigenvalue weighted by Gasteiger charge is -1.98. The molecule has 5 heteroatoms. The number of H-pyrrole nitrogens is 2. The van der Waals surface area contributed by atoms with Crippen molar-refractivity contribution in [3.8, 4) is 0 Å². The number of imidazole rings is 1. The van der Waals surface area contributed by atoms with Crippen LogP contribution in [0.15, 0.2) is 42.4 Å². The lowest BCUT2D eigenvalue weighted by molar-refractivity contribution is 0.561. The van der Waals surface area contributed by atoms with E-state index in [4.69, 9.17) is 12.2 Å². The van der Waals surface area contributed by atoms with Crippen molar-refractivity contribution >= 4 is 12.2 Å². The van der Waals surface area contributed by atoms with Gasteiger partial charge in [-0.1, -0.05) is 37.3 Å². The molecular formula is C18H28F2N2S. The number of aromatic nitrogens is 2. The van der Waals surface area contributed by atoms with Gasteiger partial charge in [-0.25, -0.2) is 8.78 Å². The first kappa shape index (κ1) is 21.5. The van der Waals surface area contributed by atoms with Crippen LogP contribution in [0.3, 0.4) is 0 Å². The Morgan fingerprint density at radius 3 is 2.57 bits per heavy atom. The topological polar surface area (TPSA) is 31.6 Å². The molecule has 1 heterocycles. The summed E-state index contributed by atoms with van der Waals surface area (Å²) in [5.74, 6) is -0.245. The van der Waals surface area contributed by atoms with Crippen LogP contribution in [-0.2, 0) is 6.42 Å². The smallest absolute Gasteiger partial charge is 0.174 e. The summed E-state index contributed by atoms with van der Waals surface area (Å²) < 4.78 is 23.8. The summed E-state index contributed by atoms with van der Waals surface area (Å²) in [5, 5.41) is 0. The van der Waals surface area contributed by atoms with E-state index in [2.05, 4.69) is 29.5 Å². The predicted octanol–water partition coefficient (Wildman–Crippen LogP) is 6.53.